The smallest absolute Gasteiger partial charge is 0.219 e. The molecule has 0 radical (unpaired) electrons. The fourth-order valence-corrected chi connectivity index (χ4v) is 4.75. The van der Waals surface area contributed by atoms with Gasteiger partial charge in [0.15, 0.2) is 0 Å². The molecule has 5 heterocycles. The molecule has 3 aromatic heterocycles. The molecule has 2 saturated heterocycles. The second-order valence-corrected chi connectivity index (χ2v) is 8.49. The van der Waals surface area contributed by atoms with Crippen LogP contribution in [0.5, 0.6) is 11.6 Å². The third-order valence-electron chi connectivity index (χ3n) is 6.34. The zero-order valence-corrected chi connectivity index (χ0v) is 17.2. The molecule has 2 aliphatic heterocycles. The van der Waals surface area contributed by atoms with Crippen LogP contribution in [0.1, 0.15) is 5.69 Å². The summed E-state index contributed by atoms with van der Waals surface area (Å²) in [6.07, 6.45) is 3.50. The maximum atomic E-state index is 5.96. The van der Waals surface area contributed by atoms with Gasteiger partial charge < -0.3 is 10.1 Å². The number of benzene rings is 1. The first kappa shape index (κ1) is 18.5. The van der Waals surface area contributed by atoms with Gasteiger partial charge in [-0.3, -0.25) is 15.0 Å². The Morgan fingerprint density at radius 1 is 1.00 bits per heavy atom. The third kappa shape index (κ3) is 3.78. The van der Waals surface area contributed by atoms with Crippen LogP contribution in [-0.2, 0) is 6.54 Å². The predicted octanol–water partition coefficient (Wildman–Crippen LogP) is 3.46. The lowest BCUT2D eigenvalue weighted by atomic mass is 10.0. The Balaban J connectivity index is 1.15. The fraction of sp³-hybridized carbons (Fsp3) is 0.292. The molecule has 31 heavy (non-hydrogen) atoms. The minimum absolute atomic E-state index is 0.557. The van der Waals surface area contributed by atoms with E-state index in [1.807, 2.05) is 36.4 Å². The Kier molecular flexibility index (Phi) is 4.62. The van der Waals surface area contributed by atoms with E-state index in [2.05, 4.69) is 37.5 Å². The van der Waals surface area contributed by atoms with Crippen molar-refractivity contribution in [3.8, 4) is 22.9 Å². The zero-order valence-electron chi connectivity index (χ0n) is 17.2. The van der Waals surface area contributed by atoms with Crippen LogP contribution >= 0.6 is 0 Å². The summed E-state index contributed by atoms with van der Waals surface area (Å²) in [6.45, 7) is 5.60. The molecule has 0 amide bonds. The van der Waals surface area contributed by atoms with Gasteiger partial charge in [0.2, 0.25) is 5.88 Å². The van der Waals surface area contributed by atoms with Crippen molar-refractivity contribution in [2.24, 2.45) is 11.8 Å². The molecule has 1 aromatic carbocycles. The standard InChI is InChI=1S/C24H24N6O/c1-3-20(15-30-13-18-10-25-11-19(18)14-30)28-22-5-4-21(9-16(1)22)31-24-6-2-17(12-26-24)23-7-8-27-29-23/h1-9,12,18-19,25H,10-11,13-15H2,(H,27,29). The molecule has 6 rings (SSSR count). The van der Waals surface area contributed by atoms with E-state index in [1.54, 1.807) is 12.4 Å². The quantitative estimate of drug-likeness (QED) is 0.523. The highest BCUT2D eigenvalue weighted by molar-refractivity contribution is 5.80. The topological polar surface area (TPSA) is 79.0 Å². The molecule has 4 aromatic rings. The molecule has 2 unspecified atom stereocenters. The van der Waals surface area contributed by atoms with E-state index in [-0.39, 0.29) is 0 Å². The maximum absolute atomic E-state index is 5.96. The van der Waals surface area contributed by atoms with Gasteiger partial charge in [-0.1, -0.05) is 6.07 Å². The molecule has 2 N–H and O–H groups in total. The lowest BCUT2D eigenvalue weighted by Gasteiger charge is -2.16. The first-order valence-electron chi connectivity index (χ1n) is 10.8. The number of likely N-dealkylation sites (tertiary alicyclic amines) is 1. The lowest BCUT2D eigenvalue weighted by molar-refractivity contribution is 0.302. The van der Waals surface area contributed by atoms with Gasteiger partial charge in [0.25, 0.3) is 0 Å². The Morgan fingerprint density at radius 3 is 2.68 bits per heavy atom. The van der Waals surface area contributed by atoms with Crippen molar-refractivity contribution in [1.29, 1.82) is 0 Å². The van der Waals surface area contributed by atoms with Crippen molar-refractivity contribution in [2.75, 3.05) is 26.2 Å². The average molecular weight is 412 g/mol. The van der Waals surface area contributed by atoms with Crippen LogP contribution in [0.15, 0.2) is 60.9 Å². The van der Waals surface area contributed by atoms with Crippen LogP contribution in [0.4, 0.5) is 0 Å². The van der Waals surface area contributed by atoms with Crippen molar-refractivity contribution in [3.63, 3.8) is 0 Å². The van der Waals surface area contributed by atoms with Gasteiger partial charge in [-0.05, 0) is 61.3 Å². The number of aromatic amines is 1. The molecule has 2 aliphatic rings. The molecule has 0 bridgehead atoms. The number of nitrogens with one attached hydrogen (secondary N) is 2. The largest absolute Gasteiger partial charge is 0.439 e. The normalized spacial score (nSPS) is 20.9. The highest BCUT2D eigenvalue weighted by Gasteiger charge is 2.35. The Labute approximate surface area is 180 Å². The van der Waals surface area contributed by atoms with Gasteiger partial charge in [0, 0.05) is 49.0 Å². The van der Waals surface area contributed by atoms with Crippen LogP contribution in [-0.4, -0.2) is 51.2 Å². The van der Waals surface area contributed by atoms with Gasteiger partial charge in [-0.25, -0.2) is 4.98 Å². The van der Waals surface area contributed by atoms with Crippen LogP contribution in [0.3, 0.4) is 0 Å². The van der Waals surface area contributed by atoms with Gasteiger partial charge in [0.1, 0.15) is 5.75 Å². The van der Waals surface area contributed by atoms with Crippen molar-refractivity contribution in [3.05, 3.63) is 66.6 Å². The van der Waals surface area contributed by atoms with E-state index in [0.717, 1.165) is 65.1 Å². The molecule has 156 valence electrons. The third-order valence-corrected chi connectivity index (χ3v) is 6.34. The Bertz CT molecular complexity index is 1180. The first-order chi connectivity index (χ1) is 15.3. The number of rotatable bonds is 5. The number of hydrogen-bond donors (Lipinski definition) is 2. The molecular weight excluding hydrogens is 388 g/mol. The minimum Gasteiger partial charge on any atom is -0.439 e. The number of aromatic nitrogens is 4. The maximum Gasteiger partial charge on any atom is 0.219 e. The lowest BCUT2D eigenvalue weighted by Crippen LogP contribution is -2.25. The number of fused-ring (bicyclic) bond motifs is 2. The molecule has 0 saturated carbocycles. The van der Waals surface area contributed by atoms with Crippen LogP contribution in [0, 0.1) is 11.8 Å². The van der Waals surface area contributed by atoms with Gasteiger partial charge >= 0.3 is 0 Å². The molecule has 2 fully saturated rings. The molecular formula is C24H24N6O. The van der Waals surface area contributed by atoms with E-state index in [1.165, 1.54) is 13.1 Å². The van der Waals surface area contributed by atoms with E-state index >= 15 is 0 Å². The summed E-state index contributed by atoms with van der Waals surface area (Å²) in [5.74, 6) is 2.93. The molecule has 0 aliphatic carbocycles. The van der Waals surface area contributed by atoms with E-state index < -0.39 is 0 Å². The SMILES string of the molecule is c1cc(-c2ccc(Oc3ccc4nc(CN5CC6CNCC6C5)ccc4c3)nc2)[nH]n1. The van der Waals surface area contributed by atoms with Crippen molar-refractivity contribution in [2.45, 2.75) is 6.54 Å². The van der Waals surface area contributed by atoms with Gasteiger partial charge in [-0.2, -0.15) is 5.10 Å². The average Bonchev–Trinajstić information content (AvgIpc) is 3.53. The van der Waals surface area contributed by atoms with Crippen molar-refractivity contribution < 1.29 is 4.74 Å². The number of nitrogens with zero attached hydrogens (tertiary/aromatic N) is 4. The highest BCUT2D eigenvalue weighted by atomic mass is 16.5. The summed E-state index contributed by atoms with van der Waals surface area (Å²) in [4.78, 5) is 11.8. The molecule has 7 heteroatoms. The monoisotopic (exact) mass is 412 g/mol. The Morgan fingerprint density at radius 2 is 1.90 bits per heavy atom. The van der Waals surface area contributed by atoms with Crippen LogP contribution in [0.25, 0.3) is 22.2 Å². The van der Waals surface area contributed by atoms with E-state index in [0.29, 0.717) is 5.88 Å². The second-order valence-electron chi connectivity index (χ2n) is 8.49. The number of ether oxygens (including phenoxy) is 1. The van der Waals surface area contributed by atoms with Gasteiger partial charge in [0.05, 0.1) is 16.9 Å². The summed E-state index contributed by atoms with van der Waals surface area (Å²) >= 11 is 0. The van der Waals surface area contributed by atoms with E-state index in [9.17, 15) is 0 Å². The first-order valence-corrected chi connectivity index (χ1v) is 10.8. The predicted molar refractivity (Wildman–Crippen MR) is 119 cm³/mol. The molecule has 0 spiro atoms. The van der Waals surface area contributed by atoms with Gasteiger partial charge in [-0.15, -0.1) is 0 Å². The summed E-state index contributed by atoms with van der Waals surface area (Å²) in [6, 6.07) is 16.0. The van der Waals surface area contributed by atoms with Crippen molar-refractivity contribution in [1.82, 2.24) is 30.4 Å². The number of H-pyrrole nitrogens is 1. The number of pyridine rings is 2. The van der Waals surface area contributed by atoms with Crippen molar-refractivity contribution >= 4 is 10.9 Å². The Hall–Kier alpha value is -3.29. The second kappa shape index (κ2) is 7.76. The van der Waals surface area contributed by atoms with E-state index in [4.69, 9.17) is 9.72 Å². The minimum atomic E-state index is 0.557. The summed E-state index contributed by atoms with van der Waals surface area (Å²) in [7, 11) is 0. The number of hydrogen-bond acceptors (Lipinski definition) is 6. The summed E-state index contributed by atoms with van der Waals surface area (Å²) in [5.41, 5.74) is 4.03. The zero-order chi connectivity index (χ0) is 20.6. The van der Waals surface area contributed by atoms with Crippen LogP contribution in [0.2, 0.25) is 0 Å². The molecule has 7 nitrogen and oxygen atoms in total. The van der Waals surface area contributed by atoms with Crippen LogP contribution < -0.4 is 10.1 Å². The fourth-order valence-electron chi connectivity index (χ4n) is 4.75. The summed E-state index contributed by atoms with van der Waals surface area (Å²) < 4.78 is 5.96. The summed E-state index contributed by atoms with van der Waals surface area (Å²) in [5, 5.41) is 11.5. The highest BCUT2D eigenvalue weighted by Crippen LogP contribution is 2.28. The molecule has 2 atom stereocenters.